The molecule has 1 amide bonds. The number of hydrogen-bond acceptors (Lipinski definition) is 8. The molecule has 2 aromatic rings. The van der Waals surface area contributed by atoms with Crippen molar-refractivity contribution in [1.29, 1.82) is 0 Å². The second-order valence-corrected chi connectivity index (χ2v) is 10.3. The SMILES string of the molecule is CCOc1cc([C@@H]2/C(=C(\O)c3ccc(OCC(C)C)cc3C)C(=O)C(=O)N2CCN2CCOCC2)ccc1O. The summed E-state index contributed by atoms with van der Waals surface area (Å²) in [5, 5.41) is 21.8. The molecule has 2 aromatic carbocycles. The van der Waals surface area contributed by atoms with Gasteiger partial charge in [-0.3, -0.25) is 14.5 Å². The highest BCUT2D eigenvalue weighted by Crippen LogP contribution is 2.42. The number of phenols is 1. The fourth-order valence-corrected chi connectivity index (χ4v) is 4.90. The molecule has 0 radical (unpaired) electrons. The predicted octanol–water partition coefficient (Wildman–Crippen LogP) is 3.89. The van der Waals surface area contributed by atoms with Gasteiger partial charge in [0.2, 0.25) is 0 Å². The molecule has 2 N–H and O–H groups in total. The lowest BCUT2D eigenvalue weighted by molar-refractivity contribution is -0.140. The van der Waals surface area contributed by atoms with Gasteiger partial charge in [0.1, 0.15) is 11.5 Å². The third kappa shape index (κ3) is 6.37. The Kier molecular flexibility index (Phi) is 9.14. The summed E-state index contributed by atoms with van der Waals surface area (Å²) < 4.78 is 16.8. The maximum absolute atomic E-state index is 13.5. The number of carbonyl (C=O) groups excluding carboxylic acids is 2. The fraction of sp³-hybridized carbons (Fsp3) is 0.467. The van der Waals surface area contributed by atoms with Crippen LogP contribution in [0.2, 0.25) is 0 Å². The fourth-order valence-electron chi connectivity index (χ4n) is 4.90. The summed E-state index contributed by atoms with van der Waals surface area (Å²) in [7, 11) is 0. The van der Waals surface area contributed by atoms with Gasteiger partial charge < -0.3 is 29.3 Å². The highest BCUT2D eigenvalue weighted by atomic mass is 16.5. The van der Waals surface area contributed by atoms with Crippen molar-refractivity contribution >= 4 is 17.4 Å². The van der Waals surface area contributed by atoms with E-state index in [1.54, 1.807) is 31.2 Å². The molecule has 9 nitrogen and oxygen atoms in total. The summed E-state index contributed by atoms with van der Waals surface area (Å²) >= 11 is 0. The zero-order chi connectivity index (χ0) is 28.1. The standard InChI is InChI=1S/C30H38N2O7/c1-5-38-25-17-21(6-9-24(25)33)27-26(28(34)23-8-7-22(16-20(23)4)39-18-19(2)3)29(35)30(36)32(27)11-10-31-12-14-37-15-13-31/h6-9,16-17,19,27,33-34H,5,10-15,18H2,1-4H3/b28-26+/t27-/m1/s1. The van der Waals surface area contributed by atoms with E-state index in [0.29, 0.717) is 61.3 Å². The molecule has 9 heteroatoms. The van der Waals surface area contributed by atoms with Crippen molar-refractivity contribution in [3.05, 3.63) is 58.7 Å². The minimum Gasteiger partial charge on any atom is -0.507 e. The summed E-state index contributed by atoms with van der Waals surface area (Å²) in [6, 6.07) is 9.19. The normalized spacial score (nSPS) is 19.6. The lowest BCUT2D eigenvalue weighted by Crippen LogP contribution is -2.42. The van der Waals surface area contributed by atoms with Gasteiger partial charge in [0.05, 0.1) is 38.0 Å². The van der Waals surface area contributed by atoms with Crippen molar-refractivity contribution in [2.75, 3.05) is 52.6 Å². The largest absolute Gasteiger partial charge is 0.507 e. The molecule has 2 aliphatic rings. The predicted molar refractivity (Wildman–Crippen MR) is 147 cm³/mol. The first-order valence-corrected chi connectivity index (χ1v) is 13.5. The Morgan fingerprint density at radius 3 is 2.49 bits per heavy atom. The van der Waals surface area contributed by atoms with Crippen LogP contribution in [0.5, 0.6) is 17.2 Å². The van der Waals surface area contributed by atoms with E-state index in [1.165, 1.54) is 11.0 Å². The third-order valence-electron chi connectivity index (χ3n) is 6.94. The first kappa shape index (κ1) is 28.4. The molecule has 2 saturated heterocycles. The Labute approximate surface area is 229 Å². The minimum absolute atomic E-state index is 0.00839. The molecular weight excluding hydrogens is 500 g/mol. The lowest BCUT2D eigenvalue weighted by Gasteiger charge is -2.31. The van der Waals surface area contributed by atoms with Gasteiger partial charge in [-0.1, -0.05) is 19.9 Å². The van der Waals surface area contributed by atoms with E-state index in [9.17, 15) is 19.8 Å². The average Bonchev–Trinajstić information content (AvgIpc) is 3.17. The first-order chi connectivity index (χ1) is 18.7. The molecule has 210 valence electrons. The number of hydrogen-bond donors (Lipinski definition) is 2. The van der Waals surface area contributed by atoms with Crippen LogP contribution in [-0.2, 0) is 14.3 Å². The highest BCUT2D eigenvalue weighted by molar-refractivity contribution is 6.46. The second-order valence-electron chi connectivity index (χ2n) is 10.3. The van der Waals surface area contributed by atoms with Crippen LogP contribution in [0, 0.1) is 12.8 Å². The summed E-state index contributed by atoms with van der Waals surface area (Å²) in [5.74, 6) is -0.430. The quantitative estimate of drug-likeness (QED) is 0.267. The van der Waals surface area contributed by atoms with Gasteiger partial charge in [0.25, 0.3) is 11.7 Å². The molecule has 1 atom stereocenters. The van der Waals surface area contributed by atoms with Crippen molar-refractivity contribution in [3.63, 3.8) is 0 Å². The molecule has 0 saturated carbocycles. The van der Waals surface area contributed by atoms with Crippen LogP contribution < -0.4 is 9.47 Å². The van der Waals surface area contributed by atoms with E-state index >= 15 is 0 Å². The minimum atomic E-state index is -0.845. The van der Waals surface area contributed by atoms with E-state index < -0.39 is 17.7 Å². The number of Topliss-reactive ketones (excluding diaryl/α,β-unsaturated/α-hetero) is 1. The second kappa shape index (κ2) is 12.5. The topological polar surface area (TPSA) is 109 Å². The van der Waals surface area contributed by atoms with Crippen molar-refractivity contribution < 1.29 is 34.0 Å². The van der Waals surface area contributed by atoms with Crippen LogP contribution in [0.1, 0.15) is 43.5 Å². The Morgan fingerprint density at radius 2 is 1.82 bits per heavy atom. The molecule has 0 unspecified atom stereocenters. The molecule has 0 spiro atoms. The number of morpholine rings is 1. The molecule has 0 aromatic heterocycles. The number of aryl methyl sites for hydroxylation is 1. The number of ketones is 1. The zero-order valence-electron chi connectivity index (χ0n) is 23.1. The average molecular weight is 539 g/mol. The number of aromatic hydroxyl groups is 1. The number of likely N-dealkylation sites (tertiary alicyclic amines) is 1. The highest BCUT2D eigenvalue weighted by Gasteiger charge is 2.46. The first-order valence-electron chi connectivity index (χ1n) is 13.5. The van der Waals surface area contributed by atoms with E-state index in [2.05, 4.69) is 18.7 Å². The number of carbonyl (C=O) groups is 2. The summed E-state index contributed by atoms with van der Waals surface area (Å²) in [6.45, 7) is 12.2. The molecule has 0 bridgehead atoms. The van der Waals surface area contributed by atoms with Crippen LogP contribution in [0.25, 0.3) is 5.76 Å². The Balaban J connectivity index is 1.75. The summed E-state index contributed by atoms with van der Waals surface area (Å²) in [5.41, 5.74) is 1.74. The summed E-state index contributed by atoms with van der Waals surface area (Å²) in [6.07, 6.45) is 0. The van der Waals surface area contributed by atoms with Crippen molar-refractivity contribution in [3.8, 4) is 17.2 Å². The number of amides is 1. The van der Waals surface area contributed by atoms with Crippen LogP contribution in [0.4, 0.5) is 0 Å². The molecule has 2 aliphatic heterocycles. The number of ether oxygens (including phenoxy) is 3. The number of rotatable bonds is 10. The Morgan fingerprint density at radius 1 is 1.08 bits per heavy atom. The molecule has 2 heterocycles. The van der Waals surface area contributed by atoms with Gasteiger partial charge in [-0.05, 0) is 61.2 Å². The maximum atomic E-state index is 13.5. The van der Waals surface area contributed by atoms with Crippen molar-refractivity contribution in [1.82, 2.24) is 9.80 Å². The van der Waals surface area contributed by atoms with Crippen LogP contribution in [0.3, 0.4) is 0 Å². The smallest absolute Gasteiger partial charge is 0.295 e. The number of aliphatic hydroxyl groups is 1. The zero-order valence-corrected chi connectivity index (χ0v) is 23.1. The van der Waals surface area contributed by atoms with Gasteiger partial charge >= 0.3 is 0 Å². The number of benzene rings is 2. The van der Waals surface area contributed by atoms with Crippen LogP contribution in [0.15, 0.2) is 42.0 Å². The lowest BCUT2D eigenvalue weighted by atomic mass is 9.93. The monoisotopic (exact) mass is 538 g/mol. The van der Waals surface area contributed by atoms with E-state index in [-0.39, 0.29) is 29.4 Å². The van der Waals surface area contributed by atoms with Crippen molar-refractivity contribution in [2.24, 2.45) is 5.92 Å². The number of phenolic OH excluding ortho intramolecular Hbond substituents is 1. The van der Waals surface area contributed by atoms with Crippen LogP contribution in [-0.4, -0.2) is 84.3 Å². The third-order valence-corrected chi connectivity index (χ3v) is 6.94. The van der Waals surface area contributed by atoms with E-state index in [1.807, 2.05) is 13.0 Å². The van der Waals surface area contributed by atoms with Gasteiger partial charge in [0.15, 0.2) is 11.5 Å². The molecule has 2 fully saturated rings. The van der Waals surface area contributed by atoms with Crippen LogP contribution >= 0.6 is 0 Å². The number of aliphatic hydroxyl groups excluding tert-OH is 1. The molecule has 39 heavy (non-hydrogen) atoms. The van der Waals surface area contributed by atoms with Gasteiger partial charge in [-0.2, -0.15) is 0 Å². The molecular formula is C30H38N2O7. The van der Waals surface area contributed by atoms with E-state index in [4.69, 9.17) is 14.2 Å². The maximum Gasteiger partial charge on any atom is 0.295 e. The Bertz CT molecular complexity index is 1230. The van der Waals surface area contributed by atoms with Gasteiger partial charge in [0, 0.05) is 31.7 Å². The molecule has 0 aliphatic carbocycles. The van der Waals surface area contributed by atoms with E-state index in [0.717, 1.165) is 13.1 Å². The van der Waals surface area contributed by atoms with Gasteiger partial charge in [-0.15, -0.1) is 0 Å². The molecule has 4 rings (SSSR count). The Hall–Kier alpha value is -3.56. The number of nitrogens with zero attached hydrogens (tertiary/aromatic N) is 2. The van der Waals surface area contributed by atoms with Crippen molar-refractivity contribution in [2.45, 2.75) is 33.7 Å². The summed E-state index contributed by atoms with van der Waals surface area (Å²) in [4.78, 5) is 30.5. The van der Waals surface area contributed by atoms with Gasteiger partial charge in [-0.25, -0.2) is 0 Å².